The Kier molecular flexibility index (Phi) is 6.91. The first-order valence-corrected chi connectivity index (χ1v) is 6.89. The maximum atomic E-state index is 5.61. The van der Waals surface area contributed by atoms with Crippen molar-refractivity contribution in [1.82, 2.24) is 9.88 Å². The summed E-state index contributed by atoms with van der Waals surface area (Å²) >= 11 is 4.96. The molecule has 4 nitrogen and oxygen atoms in total. The Bertz CT molecular complexity index is 409. The van der Waals surface area contributed by atoms with Gasteiger partial charge in [0.1, 0.15) is 4.99 Å². The molecule has 5 heteroatoms. The van der Waals surface area contributed by atoms with Crippen LogP contribution in [-0.4, -0.2) is 41.7 Å². The van der Waals surface area contributed by atoms with Gasteiger partial charge in [-0.3, -0.25) is 9.88 Å². The summed E-state index contributed by atoms with van der Waals surface area (Å²) in [7, 11) is 1.73. The molecule has 0 radical (unpaired) electrons. The van der Waals surface area contributed by atoms with E-state index in [-0.39, 0.29) is 0 Å². The van der Waals surface area contributed by atoms with E-state index in [0.717, 1.165) is 26.2 Å². The summed E-state index contributed by atoms with van der Waals surface area (Å²) in [6, 6.07) is 3.96. The number of nitrogens with zero attached hydrogens (tertiary/aromatic N) is 2. The Morgan fingerprint density at radius 3 is 2.84 bits per heavy atom. The summed E-state index contributed by atoms with van der Waals surface area (Å²) in [6.45, 7) is 7.98. The first-order chi connectivity index (χ1) is 9.02. The molecule has 1 rings (SSSR count). The van der Waals surface area contributed by atoms with E-state index < -0.39 is 0 Å². The molecule has 0 saturated heterocycles. The van der Waals surface area contributed by atoms with Crippen LogP contribution in [0.15, 0.2) is 18.3 Å². The van der Waals surface area contributed by atoms with Crippen molar-refractivity contribution >= 4 is 17.2 Å². The van der Waals surface area contributed by atoms with Gasteiger partial charge in [-0.1, -0.05) is 26.1 Å². The quantitative estimate of drug-likeness (QED) is 0.737. The van der Waals surface area contributed by atoms with Crippen LogP contribution in [0.1, 0.15) is 25.1 Å². The molecule has 1 aromatic rings. The number of thiocarbonyl (C=S) groups is 1. The van der Waals surface area contributed by atoms with E-state index in [4.69, 9.17) is 22.7 Å². The van der Waals surface area contributed by atoms with E-state index in [0.29, 0.717) is 16.6 Å². The number of methoxy groups -OCH3 is 1. The Morgan fingerprint density at radius 1 is 1.53 bits per heavy atom. The molecule has 0 amide bonds. The van der Waals surface area contributed by atoms with E-state index in [9.17, 15) is 0 Å². The predicted molar refractivity (Wildman–Crippen MR) is 82.1 cm³/mol. The minimum Gasteiger partial charge on any atom is -0.388 e. The Balaban J connectivity index is 2.71. The predicted octanol–water partition coefficient (Wildman–Crippen LogP) is 1.82. The van der Waals surface area contributed by atoms with E-state index in [2.05, 4.69) is 23.7 Å². The molecule has 0 aliphatic heterocycles. The number of hydrogen-bond acceptors (Lipinski definition) is 4. The third kappa shape index (κ3) is 6.09. The monoisotopic (exact) mass is 281 g/mol. The molecule has 1 aromatic heterocycles. The second kappa shape index (κ2) is 8.19. The zero-order chi connectivity index (χ0) is 14.3. The van der Waals surface area contributed by atoms with Crippen LogP contribution < -0.4 is 5.73 Å². The van der Waals surface area contributed by atoms with E-state index in [1.54, 1.807) is 13.3 Å². The number of aromatic nitrogens is 1. The number of nitrogens with two attached hydrogens (primary N) is 1. The topological polar surface area (TPSA) is 51.4 Å². The summed E-state index contributed by atoms with van der Waals surface area (Å²) in [5.74, 6) is 0.619. The first kappa shape index (κ1) is 16.0. The van der Waals surface area contributed by atoms with Crippen molar-refractivity contribution in [2.45, 2.75) is 20.4 Å². The van der Waals surface area contributed by atoms with E-state index >= 15 is 0 Å². The van der Waals surface area contributed by atoms with Gasteiger partial charge in [0.2, 0.25) is 0 Å². The lowest BCUT2D eigenvalue weighted by Crippen LogP contribution is -2.30. The van der Waals surface area contributed by atoms with E-state index in [1.165, 1.54) is 5.56 Å². The fourth-order valence-corrected chi connectivity index (χ4v) is 2.05. The van der Waals surface area contributed by atoms with Gasteiger partial charge < -0.3 is 10.5 Å². The average Bonchev–Trinajstić information content (AvgIpc) is 2.35. The van der Waals surface area contributed by atoms with Gasteiger partial charge in [-0.25, -0.2) is 0 Å². The maximum Gasteiger partial charge on any atom is 0.122 e. The van der Waals surface area contributed by atoms with Gasteiger partial charge in [-0.15, -0.1) is 0 Å². The molecule has 0 bridgehead atoms. The molecular formula is C14H23N3OS. The number of pyridine rings is 1. The molecule has 1 heterocycles. The van der Waals surface area contributed by atoms with Gasteiger partial charge >= 0.3 is 0 Å². The highest BCUT2D eigenvalue weighted by atomic mass is 32.1. The molecule has 2 N–H and O–H groups in total. The third-order valence-corrected chi connectivity index (χ3v) is 2.93. The van der Waals surface area contributed by atoms with Gasteiger partial charge in [0.25, 0.3) is 0 Å². The van der Waals surface area contributed by atoms with Crippen LogP contribution in [0.4, 0.5) is 0 Å². The van der Waals surface area contributed by atoms with Crippen LogP contribution in [0.3, 0.4) is 0 Å². The summed E-state index contributed by atoms with van der Waals surface area (Å²) in [5, 5.41) is 0. The Morgan fingerprint density at radius 2 is 2.26 bits per heavy atom. The summed E-state index contributed by atoms with van der Waals surface area (Å²) < 4.78 is 5.16. The minimum absolute atomic E-state index is 0.342. The van der Waals surface area contributed by atoms with Crippen molar-refractivity contribution < 1.29 is 4.74 Å². The molecule has 19 heavy (non-hydrogen) atoms. The average molecular weight is 281 g/mol. The molecule has 106 valence electrons. The molecule has 0 spiro atoms. The zero-order valence-electron chi connectivity index (χ0n) is 11.9. The maximum absolute atomic E-state index is 5.61. The van der Waals surface area contributed by atoms with Crippen LogP contribution >= 0.6 is 12.2 Å². The normalized spacial score (nSPS) is 11.2. The highest BCUT2D eigenvalue weighted by Crippen LogP contribution is 2.08. The van der Waals surface area contributed by atoms with Crippen LogP contribution in [0.25, 0.3) is 0 Å². The zero-order valence-corrected chi connectivity index (χ0v) is 12.7. The van der Waals surface area contributed by atoms with Crippen molar-refractivity contribution in [3.05, 3.63) is 29.6 Å². The molecule has 0 aromatic carbocycles. The fourth-order valence-electron chi connectivity index (χ4n) is 1.94. The Labute approximate surface area is 121 Å². The molecule has 0 unspecified atom stereocenters. The summed E-state index contributed by atoms with van der Waals surface area (Å²) in [4.78, 5) is 6.87. The molecule has 0 fully saturated rings. The van der Waals surface area contributed by atoms with Gasteiger partial charge in [-0.05, 0) is 23.6 Å². The molecule has 0 atom stereocenters. The third-order valence-electron chi connectivity index (χ3n) is 2.72. The van der Waals surface area contributed by atoms with E-state index in [1.807, 2.05) is 12.1 Å². The first-order valence-electron chi connectivity index (χ1n) is 6.49. The molecule has 0 aliphatic carbocycles. The minimum atomic E-state index is 0.342. The SMILES string of the molecule is COCCN(Cc1ccnc(C(N)=S)c1)CC(C)C. The summed E-state index contributed by atoms with van der Waals surface area (Å²) in [5.41, 5.74) is 7.47. The lowest BCUT2D eigenvalue weighted by Gasteiger charge is -2.24. The van der Waals surface area contributed by atoms with Crippen molar-refractivity contribution in [2.75, 3.05) is 26.8 Å². The number of rotatable bonds is 8. The van der Waals surface area contributed by atoms with Crippen LogP contribution in [0.2, 0.25) is 0 Å². The van der Waals surface area contributed by atoms with Crippen LogP contribution in [0, 0.1) is 5.92 Å². The van der Waals surface area contributed by atoms with Crippen molar-refractivity contribution in [3.8, 4) is 0 Å². The van der Waals surface area contributed by atoms with Gasteiger partial charge in [0, 0.05) is 32.9 Å². The number of hydrogen-bond donors (Lipinski definition) is 1. The summed E-state index contributed by atoms with van der Waals surface area (Å²) in [6.07, 6.45) is 1.76. The van der Waals surface area contributed by atoms with Gasteiger partial charge in [-0.2, -0.15) is 0 Å². The molecule has 0 saturated carbocycles. The van der Waals surface area contributed by atoms with Crippen molar-refractivity contribution in [3.63, 3.8) is 0 Å². The number of ether oxygens (including phenoxy) is 1. The largest absolute Gasteiger partial charge is 0.388 e. The lowest BCUT2D eigenvalue weighted by atomic mass is 10.1. The molecular weight excluding hydrogens is 258 g/mol. The van der Waals surface area contributed by atoms with Crippen molar-refractivity contribution in [1.29, 1.82) is 0 Å². The van der Waals surface area contributed by atoms with Crippen molar-refractivity contribution in [2.24, 2.45) is 11.7 Å². The van der Waals surface area contributed by atoms with Crippen LogP contribution in [-0.2, 0) is 11.3 Å². The smallest absolute Gasteiger partial charge is 0.122 e. The Hall–Kier alpha value is -1.04. The second-order valence-corrected chi connectivity index (χ2v) is 5.48. The standard InChI is InChI=1S/C14H23N3OS/c1-11(2)9-17(6-7-18-3)10-12-4-5-16-13(8-12)14(15)19/h4-5,8,11H,6-7,9-10H2,1-3H3,(H2,15,19). The lowest BCUT2D eigenvalue weighted by molar-refractivity contribution is 0.136. The fraction of sp³-hybridized carbons (Fsp3) is 0.571. The highest BCUT2D eigenvalue weighted by Gasteiger charge is 2.09. The second-order valence-electron chi connectivity index (χ2n) is 5.04. The van der Waals surface area contributed by atoms with Crippen LogP contribution in [0.5, 0.6) is 0 Å². The molecule has 0 aliphatic rings. The van der Waals surface area contributed by atoms with Gasteiger partial charge in [0.15, 0.2) is 0 Å². The highest BCUT2D eigenvalue weighted by molar-refractivity contribution is 7.80. The van der Waals surface area contributed by atoms with Gasteiger partial charge in [0.05, 0.1) is 12.3 Å².